The molecule has 3 aromatic rings. The van der Waals surface area contributed by atoms with E-state index in [1.165, 1.54) is 60.8 Å². The summed E-state index contributed by atoms with van der Waals surface area (Å²) in [5.74, 6) is 1.64. The van der Waals surface area contributed by atoms with Crippen molar-refractivity contribution in [3.63, 3.8) is 0 Å². The van der Waals surface area contributed by atoms with Gasteiger partial charge in [0.05, 0.1) is 0 Å². The second-order valence-corrected chi connectivity index (χ2v) is 12.2. The minimum absolute atomic E-state index is 0.303. The molecule has 2 aromatic carbocycles. The van der Waals surface area contributed by atoms with Gasteiger partial charge < -0.3 is 9.47 Å². The van der Waals surface area contributed by atoms with E-state index in [1.807, 2.05) is 0 Å². The lowest BCUT2D eigenvalue weighted by atomic mass is 9.67. The van der Waals surface area contributed by atoms with Crippen molar-refractivity contribution >= 4 is 38.8 Å². The standard InChI is InChI=1S/C31H34BrN3O/c32-25-12-9-21(10-13-25)18-34-19-24(26-6-1-2-8-28(26)34)17-22-11-14-29-27-7-4-16-33-15-3-5-23(30(27)33)20-35(29)31(22)36/h1-2,6,8-10,12-13,17,19,23,27,29-30H,3-5,7,11,14-16,18,20H2/b22-17+/t23-,27+,29+,30-/m0/s1. The summed E-state index contributed by atoms with van der Waals surface area (Å²) in [6.07, 6.45) is 11.7. The van der Waals surface area contributed by atoms with Gasteiger partial charge in [-0.25, -0.2) is 0 Å². The molecule has 5 heterocycles. The molecular weight excluding hydrogens is 510 g/mol. The smallest absolute Gasteiger partial charge is 0.250 e. The number of para-hydroxylation sites is 1. The minimum atomic E-state index is 0.303. The fourth-order valence-corrected chi connectivity index (χ4v) is 8.09. The highest BCUT2D eigenvalue weighted by Gasteiger charge is 2.51. The SMILES string of the molecule is O=C1/C(=C/c2cn(Cc3ccc(Br)cc3)c3ccccc23)CC[C@@H]2[C@H]3CCCN4CCC[C@@H](CN12)[C@@H]34. The highest BCUT2D eigenvalue weighted by Crippen LogP contribution is 2.45. The van der Waals surface area contributed by atoms with Gasteiger partial charge in [-0.1, -0.05) is 46.3 Å². The van der Waals surface area contributed by atoms with Crippen molar-refractivity contribution in [3.05, 3.63) is 75.9 Å². The number of amides is 1. The first-order chi connectivity index (χ1) is 17.7. The Balaban J connectivity index is 1.19. The summed E-state index contributed by atoms with van der Waals surface area (Å²) in [6, 6.07) is 18.3. The van der Waals surface area contributed by atoms with Gasteiger partial charge in [0.15, 0.2) is 0 Å². The molecule has 0 N–H and O–H groups in total. The van der Waals surface area contributed by atoms with Crippen LogP contribution >= 0.6 is 15.9 Å². The summed E-state index contributed by atoms with van der Waals surface area (Å²) in [6.45, 7) is 4.33. The van der Waals surface area contributed by atoms with E-state index in [4.69, 9.17) is 0 Å². The first kappa shape index (κ1) is 22.8. The number of hydrogen-bond acceptors (Lipinski definition) is 2. The second kappa shape index (κ2) is 9.18. The van der Waals surface area contributed by atoms with Gasteiger partial charge >= 0.3 is 0 Å². The van der Waals surface area contributed by atoms with Gasteiger partial charge in [-0.3, -0.25) is 9.69 Å². The number of piperidine rings is 4. The van der Waals surface area contributed by atoms with E-state index in [0.717, 1.165) is 42.0 Å². The van der Waals surface area contributed by atoms with Gasteiger partial charge in [-0.2, -0.15) is 0 Å². The van der Waals surface area contributed by atoms with Crippen molar-refractivity contribution < 1.29 is 4.79 Å². The quantitative estimate of drug-likeness (QED) is 0.361. The molecule has 4 fully saturated rings. The molecule has 1 aromatic heterocycles. The van der Waals surface area contributed by atoms with E-state index < -0.39 is 0 Å². The van der Waals surface area contributed by atoms with E-state index in [-0.39, 0.29) is 0 Å². The maximum atomic E-state index is 13.9. The molecule has 186 valence electrons. The van der Waals surface area contributed by atoms with Crippen molar-refractivity contribution in [2.45, 2.75) is 57.2 Å². The van der Waals surface area contributed by atoms with Crippen LogP contribution in [0.25, 0.3) is 17.0 Å². The number of rotatable bonds is 3. The molecule has 0 saturated carbocycles. The molecule has 0 radical (unpaired) electrons. The lowest BCUT2D eigenvalue weighted by molar-refractivity contribution is -0.145. The first-order valence-electron chi connectivity index (χ1n) is 13.7. The molecule has 0 spiro atoms. The van der Waals surface area contributed by atoms with Crippen molar-refractivity contribution in [3.8, 4) is 0 Å². The molecular formula is C31H34BrN3O. The highest BCUT2D eigenvalue weighted by molar-refractivity contribution is 9.10. The lowest BCUT2D eigenvalue weighted by Crippen LogP contribution is -2.66. The van der Waals surface area contributed by atoms with Crippen LogP contribution in [0.4, 0.5) is 0 Å². The zero-order chi connectivity index (χ0) is 24.2. The van der Waals surface area contributed by atoms with Crippen LogP contribution in [0, 0.1) is 11.8 Å². The molecule has 4 atom stereocenters. The van der Waals surface area contributed by atoms with Crippen LogP contribution in [0.3, 0.4) is 0 Å². The largest absolute Gasteiger partial charge is 0.342 e. The number of benzene rings is 2. The summed E-state index contributed by atoms with van der Waals surface area (Å²) < 4.78 is 3.42. The third kappa shape index (κ3) is 3.86. The van der Waals surface area contributed by atoms with Gasteiger partial charge in [0.25, 0.3) is 0 Å². The maximum absolute atomic E-state index is 13.9. The number of carbonyl (C=O) groups is 1. The van der Waals surface area contributed by atoms with Crippen LogP contribution in [0.5, 0.6) is 0 Å². The first-order valence-corrected chi connectivity index (χ1v) is 14.5. The number of halogens is 1. The van der Waals surface area contributed by atoms with Crippen molar-refractivity contribution in [2.75, 3.05) is 19.6 Å². The average molecular weight is 545 g/mol. The van der Waals surface area contributed by atoms with E-state index in [1.54, 1.807) is 0 Å². The zero-order valence-electron chi connectivity index (χ0n) is 20.8. The highest BCUT2D eigenvalue weighted by atomic mass is 79.9. The summed E-state index contributed by atoms with van der Waals surface area (Å²) in [7, 11) is 0. The Morgan fingerprint density at radius 2 is 1.78 bits per heavy atom. The van der Waals surface area contributed by atoms with E-state index in [9.17, 15) is 4.79 Å². The Kier molecular flexibility index (Phi) is 5.81. The molecule has 4 nitrogen and oxygen atoms in total. The van der Waals surface area contributed by atoms with Gasteiger partial charge in [0.2, 0.25) is 5.91 Å². The number of aromatic nitrogens is 1. The molecule has 7 rings (SSSR count). The third-order valence-corrected chi connectivity index (χ3v) is 9.86. The van der Waals surface area contributed by atoms with Crippen LogP contribution in [0.1, 0.15) is 49.7 Å². The van der Waals surface area contributed by atoms with Crippen LogP contribution in [-0.2, 0) is 11.3 Å². The predicted molar refractivity (Wildman–Crippen MR) is 149 cm³/mol. The minimum Gasteiger partial charge on any atom is -0.342 e. The summed E-state index contributed by atoms with van der Waals surface area (Å²) in [5.41, 5.74) is 4.66. The molecule has 0 bridgehead atoms. The molecule has 36 heavy (non-hydrogen) atoms. The molecule has 1 amide bonds. The monoisotopic (exact) mass is 543 g/mol. The Morgan fingerprint density at radius 1 is 0.972 bits per heavy atom. The molecule has 4 aliphatic heterocycles. The number of nitrogens with zero attached hydrogens (tertiary/aromatic N) is 3. The van der Waals surface area contributed by atoms with Crippen molar-refractivity contribution in [1.29, 1.82) is 0 Å². The second-order valence-electron chi connectivity index (χ2n) is 11.3. The van der Waals surface area contributed by atoms with Gasteiger partial charge in [-0.05, 0) is 93.3 Å². The van der Waals surface area contributed by atoms with E-state index in [0.29, 0.717) is 23.8 Å². The Hall–Kier alpha value is -2.37. The third-order valence-electron chi connectivity index (χ3n) is 9.33. The fourth-order valence-electron chi connectivity index (χ4n) is 7.82. The predicted octanol–water partition coefficient (Wildman–Crippen LogP) is 6.33. The number of fused-ring (bicyclic) bond motifs is 3. The van der Waals surface area contributed by atoms with Crippen LogP contribution in [0.2, 0.25) is 0 Å². The van der Waals surface area contributed by atoms with Crippen LogP contribution < -0.4 is 0 Å². The average Bonchev–Trinajstić information content (AvgIpc) is 3.25. The van der Waals surface area contributed by atoms with E-state index >= 15 is 0 Å². The summed E-state index contributed by atoms with van der Waals surface area (Å²) >= 11 is 3.54. The number of carbonyl (C=O) groups excluding carboxylic acids is 1. The van der Waals surface area contributed by atoms with E-state index in [2.05, 4.69) is 91.1 Å². The zero-order valence-corrected chi connectivity index (χ0v) is 22.4. The van der Waals surface area contributed by atoms with Gasteiger partial charge in [0.1, 0.15) is 0 Å². The van der Waals surface area contributed by atoms with Crippen LogP contribution in [0.15, 0.2) is 64.8 Å². The molecule has 0 unspecified atom stereocenters. The van der Waals surface area contributed by atoms with Crippen LogP contribution in [-0.4, -0.2) is 52.0 Å². The lowest BCUT2D eigenvalue weighted by Gasteiger charge is -2.58. The summed E-state index contributed by atoms with van der Waals surface area (Å²) in [5, 5.41) is 1.23. The number of hydrogen-bond donors (Lipinski definition) is 0. The Labute approximate surface area is 222 Å². The Morgan fingerprint density at radius 3 is 2.64 bits per heavy atom. The maximum Gasteiger partial charge on any atom is 0.250 e. The van der Waals surface area contributed by atoms with Gasteiger partial charge in [0, 0.05) is 57.9 Å². The van der Waals surface area contributed by atoms with Crippen molar-refractivity contribution in [1.82, 2.24) is 14.4 Å². The molecule has 5 heteroatoms. The summed E-state index contributed by atoms with van der Waals surface area (Å²) in [4.78, 5) is 19.0. The molecule has 0 aliphatic carbocycles. The normalized spacial score (nSPS) is 29.4. The topological polar surface area (TPSA) is 28.5 Å². The van der Waals surface area contributed by atoms with Crippen molar-refractivity contribution in [2.24, 2.45) is 11.8 Å². The molecule has 4 saturated heterocycles. The van der Waals surface area contributed by atoms with Gasteiger partial charge in [-0.15, -0.1) is 0 Å². The molecule has 4 aliphatic rings. The fraction of sp³-hybridized carbons (Fsp3) is 0.452. The Bertz CT molecular complexity index is 1320.